The number of aromatic nitrogens is 1. The third-order valence-electron chi connectivity index (χ3n) is 3.65. The molecule has 1 heterocycles. The van der Waals surface area contributed by atoms with Crippen molar-refractivity contribution >= 4 is 10.9 Å². The van der Waals surface area contributed by atoms with Gasteiger partial charge in [0.25, 0.3) is 0 Å². The van der Waals surface area contributed by atoms with Crippen molar-refractivity contribution < 1.29 is 9.84 Å². The number of phenolic OH excluding ortho intramolecular Hbond substituents is 1. The average Bonchev–Trinajstić information content (AvgIpc) is 2.77. The van der Waals surface area contributed by atoms with Crippen LogP contribution < -0.4 is 4.74 Å². The lowest BCUT2D eigenvalue weighted by Crippen LogP contribution is -2.01. The Balaban J connectivity index is 1.90. The fraction of sp³-hybridized carbons (Fsp3) is 0.176. The Hall–Kier alpha value is -2.42. The summed E-state index contributed by atoms with van der Waals surface area (Å²) >= 11 is 0. The number of aromatic hydroxyl groups is 1. The van der Waals surface area contributed by atoms with Gasteiger partial charge in [-0.3, -0.25) is 0 Å². The van der Waals surface area contributed by atoms with Gasteiger partial charge in [0, 0.05) is 18.0 Å². The molecule has 0 atom stereocenters. The second-order valence-corrected chi connectivity index (χ2v) is 4.96. The zero-order valence-corrected chi connectivity index (χ0v) is 11.6. The van der Waals surface area contributed by atoms with E-state index in [-0.39, 0.29) is 5.75 Å². The van der Waals surface area contributed by atoms with E-state index in [1.54, 1.807) is 18.2 Å². The molecule has 0 spiro atoms. The highest BCUT2D eigenvalue weighted by Gasteiger charge is 2.08. The number of phenols is 1. The van der Waals surface area contributed by atoms with E-state index in [1.807, 2.05) is 13.1 Å². The first-order chi connectivity index (χ1) is 9.66. The van der Waals surface area contributed by atoms with Crippen LogP contribution in [0.25, 0.3) is 10.9 Å². The van der Waals surface area contributed by atoms with Crippen molar-refractivity contribution in [1.82, 2.24) is 4.57 Å². The van der Waals surface area contributed by atoms with Crippen LogP contribution in [0, 0.1) is 6.92 Å². The molecule has 0 saturated carbocycles. The SMILES string of the molecule is Cc1cccc2c1cc(COc1ccccc1O)n2C. The third-order valence-corrected chi connectivity index (χ3v) is 3.65. The number of fused-ring (bicyclic) bond motifs is 1. The summed E-state index contributed by atoms with van der Waals surface area (Å²) in [6.07, 6.45) is 0. The van der Waals surface area contributed by atoms with Gasteiger partial charge < -0.3 is 14.4 Å². The van der Waals surface area contributed by atoms with Gasteiger partial charge in [-0.15, -0.1) is 0 Å². The van der Waals surface area contributed by atoms with Gasteiger partial charge in [0.2, 0.25) is 0 Å². The van der Waals surface area contributed by atoms with Crippen LogP contribution in [0.5, 0.6) is 11.5 Å². The lowest BCUT2D eigenvalue weighted by Gasteiger charge is -2.08. The van der Waals surface area contributed by atoms with E-state index in [1.165, 1.54) is 16.5 Å². The molecule has 2 aromatic carbocycles. The Morgan fingerprint density at radius 1 is 1.10 bits per heavy atom. The molecule has 1 N–H and O–H groups in total. The van der Waals surface area contributed by atoms with Crippen LogP contribution in [0.15, 0.2) is 48.5 Å². The third kappa shape index (κ3) is 2.11. The summed E-state index contributed by atoms with van der Waals surface area (Å²) in [5.41, 5.74) is 3.53. The zero-order valence-electron chi connectivity index (χ0n) is 11.6. The number of rotatable bonds is 3. The molecular formula is C17H17NO2. The minimum Gasteiger partial charge on any atom is -0.504 e. The summed E-state index contributed by atoms with van der Waals surface area (Å²) in [4.78, 5) is 0. The predicted molar refractivity (Wildman–Crippen MR) is 80.1 cm³/mol. The monoisotopic (exact) mass is 267 g/mol. The van der Waals surface area contributed by atoms with Crippen molar-refractivity contribution in [2.75, 3.05) is 0 Å². The first kappa shape index (κ1) is 12.6. The highest BCUT2D eigenvalue weighted by Crippen LogP contribution is 2.27. The van der Waals surface area contributed by atoms with Crippen LogP contribution in [0.2, 0.25) is 0 Å². The van der Waals surface area contributed by atoms with Gasteiger partial charge in [-0.05, 0) is 36.8 Å². The second kappa shape index (κ2) is 4.93. The lowest BCUT2D eigenvalue weighted by atomic mass is 10.1. The summed E-state index contributed by atoms with van der Waals surface area (Å²) in [6.45, 7) is 2.54. The van der Waals surface area contributed by atoms with Crippen LogP contribution in [-0.4, -0.2) is 9.67 Å². The Kier molecular flexibility index (Phi) is 3.11. The number of benzene rings is 2. The molecule has 0 amide bonds. The molecule has 0 unspecified atom stereocenters. The molecular weight excluding hydrogens is 250 g/mol. The Morgan fingerprint density at radius 3 is 2.65 bits per heavy atom. The molecule has 0 aliphatic rings. The van der Waals surface area contributed by atoms with Gasteiger partial charge >= 0.3 is 0 Å². The molecule has 0 aliphatic heterocycles. The molecule has 20 heavy (non-hydrogen) atoms. The average molecular weight is 267 g/mol. The quantitative estimate of drug-likeness (QED) is 0.783. The van der Waals surface area contributed by atoms with Crippen LogP contribution in [-0.2, 0) is 13.7 Å². The van der Waals surface area contributed by atoms with Crippen LogP contribution in [0.1, 0.15) is 11.3 Å². The molecule has 0 aliphatic carbocycles. The van der Waals surface area contributed by atoms with E-state index in [2.05, 4.69) is 35.8 Å². The Morgan fingerprint density at radius 2 is 1.90 bits per heavy atom. The topological polar surface area (TPSA) is 34.4 Å². The summed E-state index contributed by atoms with van der Waals surface area (Å²) in [6, 6.07) is 15.4. The number of hydrogen-bond acceptors (Lipinski definition) is 2. The molecule has 0 saturated heterocycles. The van der Waals surface area contributed by atoms with E-state index >= 15 is 0 Å². The van der Waals surface area contributed by atoms with E-state index in [4.69, 9.17) is 4.74 Å². The molecule has 0 fully saturated rings. The maximum Gasteiger partial charge on any atom is 0.161 e. The fourth-order valence-corrected chi connectivity index (χ4v) is 2.43. The van der Waals surface area contributed by atoms with Gasteiger partial charge in [0.1, 0.15) is 6.61 Å². The molecule has 3 nitrogen and oxygen atoms in total. The van der Waals surface area contributed by atoms with Gasteiger partial charge in [-0.1, -0.05) is 24.3 Å². The summed E-state index contributed by atoms with van der Waals surface area (Å²) < 4.78 is 7.83. The van der Waals surface area contributed by atoms with Crippen molar-refractivity contribution in [2.24, 2.45) is 7.05 Å². The van der Waals surface area contributed by atoms with E-state index in [0.717, 1.165) is 5.69 Å². The zero-order chi connectivity index (χ0) is 14.1. The predicted octanol–water partition coefficient (Wildman–Crippen LogP) is 3.77. The number of ether oxygens (including phenoxy) is 1. The second-order valence-electron chi connectivity index (χ2n) is 4.96. The summed E-state index contributed by atoms with van der Waals surface area (Å²) in [5, 5.41) is 11.0. The largest absolute Gasteiger partial charge is 0.504 e. The number of aryl methyl sites for hydroxylation is 2. The summed E-state index contributed by atoms with van der Waals surface area (Å²) in [5.74, 6) is 0.678. The van der Waals surface area contributed by atoms with E-state index in [0.29, 0.717) is 12.4 Å². The fourth-order valence-electron chi connectivity index (χ4n) is 2.43. The molecule has 3 heteroatoms. The first-order valence-electron chi connectivity index (χ1n) is 6.61. The van der Waals surface area contributed by atoms with Crippen LogP contribution in [0.3, 0.4) is 0 Å². The molecule has 0 radical (unpaired) electrons. The highest BCUT2D eigenvalue weighted by molar-refractivity contribution is 5.84. The normalized spacial score (nSPS) is 10.9. The van der Waals surface area contributed by atoms with E-state index < -0.39 is 0 Å². The molecule has 0 bridgehead atoms. The number of nitrogens with zero attached hydrogens (tertiary/aromatic N) is 1. The van der Waals surface area contributed by atoms with Gasteiger partial charge in [0.15, 0.2) is 11.5 Å². The molecule has 3 aromatic rings. The minimum atomic E-state index is 0.169. The van der Waals surface area contributed by atoms with Crippen molar-refractivity contribution in [1.29, 1.82) is 0 Å². The number of hydrogen-bond donors (Lipinski definition) is 1. The van der Waals surface area contributed by atoms with Crippen molar-refractivity contribution in [3.63, 3.8) is 0 Å². The van der Waals surface area contributed by atoms with Crippen molar-refractivity contribution in [3.8, 4) is 11.5 Å². The lowest BCUT2D eigenvalue weighted by molar-refractivity contribution is 0.282. The van der Waals surface area contributed by atoms with Gasteiger partial charge in [0.05, 0.1) is 5.69 Å². The first-order valence-corrected chi connectivity index (χ1v) is 6.61. The van der Waals surface area contributed by atoms with E-state index in [9.17, 15) is 5.11 Å². The summed E-state index contributed by atoms with van der Waals surface area (Å²) in [7, 11) is 2.03. The number of para-hydroxylation sites is 2. The Bertz CT molecular complexity index is 759. The van der Waals surface area contributed by atoms with Crippen LogP contribution >= 0.6 is 0 Å². The maximum atomic E-state index is 9.71. The smallest absolute Gasteiger partial charge is 0.161 e. The molecule has 3 rings (SSSR count). The van der Waals surface area contributed by atoms with Gasteiger partial charge in [-0.2, -0.15) is 0 Å². The molecule has 102 valence electrons. The highest BCUT2D eigenvalue weighted by atomic mass is 16.5. The van der Waals surface area contributed by atoms with Crippen molar-refractivity contribution in [3.05, 3.63) is 59.8 Å². The van der Waals surface area contributed by atoms with Crippen LogP contribution in [0.4, 0.5) is 0 Å². The standard InChI is InChI=1S/C17H17NO2/c1-12-6-5-7-15-14(12)10-13(18(15)2)11-20-17-9-4-3-8-16(17)19/h3-10,19H,11H2,1-2H3. The maximum absolute atomic E-state index is 9.71. The van der Waals surface area contributed by atoms with Crippen molar-refractivity contribution in [2.45, 2.75) is 13.5 Å². The minimum absolute atomic E-state index is 0.169. The van der Waals surface area contributed by atoms with Gasteiger partial charge in [-0.25, -0.2) is 0 Å². The molecule has 1 aromatic heterocycles. The Labute approximate surface area is 118 Å².